The summed E-state index contributed by atoms with van der Waals surface area (Å²) >= 11 is 6.27. The van der Waals surface area contributed by atoms with Crippen molar-refractivity contribution in [3.05, 3.63) is 49.6 Å². The van der Waals surface area contributed by atoms with Crippen LogP contribution < -0.4 is 16.1 Å². The van der Waals surface area contributed by atoms with E-state index >= 15 is 0 Å². The molecule has 0 bridgehead atoms. The molecular weight excluding hydrogens is 370 g/mol. The van der Waals surface area contributed by atoms with E-state index < -0.39 is 5.69 Å². The Morgan fingerprint density at radius 3 is 2.78 bits per heavy atom. The van der Waals surface area contributed by atoms with Gasteiger partial charge in [0, 0.05) is 38.0 Å². The maximum atomic E-state index is 13.0. The molecule has 27 heavy (non-hydrogen) atoms. The predicted molar refractivity (Wildman–Crippen MR) is 104 cm³/mol. The number of anilines is 2. The van der Waals surface area contributed by atoms with Crippen molar-refractivity contribution < 1.29 is 4.74 Å². The van der Waals surface area contributed by atoms with Gasteiger partial charge in [0.1, 0.15) is 0 Å². The first-order valence-electron chi connectivity index (χ1n) is 8.67. The molecule has 3 heterocycles. The molecule has 0 radical (unpaired) electrons. The van der Waals surface area contributed by atoms with Gasteiger partial charge in [0.05, 0.1) is 13.2 Å². The van der Waals surface area contributed by atoms with Crippen molar-refractivity contribution in [2.24, 2.45) is 7.05 Å². The van der Waals surface area contributed by atoms with Crippen molar-refractivity contribution in [2.45, 2.75) is 20.0 Å². The molecule has 0 amide bonds. The molecule has 1 aromatic carbocycles. The topological polar surface area (TPSA) is 74.3 Å². The number of hydrogen-bond donors (Lipinski definition) is 0. The fraction of sp³-hybridized carbons (Fsp3) is 0.389. The van der Waals surface area contributed by atoms with Crippen LogP contribution in [0.2, 0.25) is 5.02 Å². The van der Waals surface area contributed by atoms with E-state index in [-0.39, 0.29) is 18.7 Å². The largest absolute Gasteiger partial charge is 0.383 e. The van der Waals surface area contributed by atoms with Crippen LogP contribution in [0.1, 0.15) is 5.56 Å². The SMILES string of the molecule is COCCn1c(=O)c2c(nc3n2CCN3c2cccc(Cl)c2C)n(C)c1=O. The van der Waals surface area contributed by atoms with E-state index in [1.807, 2.05) is 34.6 Å². The fourth-order valence-corrected chi connectivity index (χ4v) is 3.74. The molecule has 4 rings (SSSR count). The number of ether oxygens (including phenoxy) is 1. The van der Waals surface area contributed by atoms with E-state index in [1.165, 1.54) is 16.2 Å². The van der Waals surface area contributed by atoms with E-state index in [2.05, 4.69) is 4.98 Å². The zero-order valence-electron chi connectivity index (χ0n) is 15.4. The third-order valence-electron chi connectivity index (χ3n) is 5.05. The number of hydrogen-bond acceptors (Lipinski definition) is 5. The molecule has 0 spiro atoms. The molecule has 8 nitrogen and oxygen atoms in total. The van der Waals surface area contributed by atoms with Gasteiger partial charge in [-0.15, -0.1) is 0 Å². The Morgan fingerprint density at radius 2 is 2.04 bits per heavy atom. The monoisotopic (exact) mass is 389 g/mol. The maximum Gasteiger partial charge on any atom is 0.332 e. The van der Waals surface area contributed by atoms with E-state index in [0.29, 0.717) is 35.2 Å². The summed E-state index contributed by atoms with van der Waals surface area (Å²) in [6.07, 6.45) is 0. The third kappa shape index (κ3) is 2.59. The normalized spacial score (nSPS) is 13.6. The summed E-state index contributed by atoms with van der Waals surface area (Å²) in [5.74, 6) is 0.645. The first-order chi connectivity index (χ1) is 13.0. The molecule has 0 saturated heterocycles. The Labute approximate surface area is 160 Å². The van der Waals surface area contributed by atoms with E-state index in [9.17, 15) is 9.59 Å². The lowest BCUT2D eigenvalue weighted by Gasteiger charge is -2.19. The van der Waals surface area contributed by atoms with Gasteiger partial charge in [0.15, 0.2) is 11.2 Å². The number of fused-ring (bicyclic) bond motifs is 3. The van der Waals surface area contributed by atoms with Crippen LogP contribution in [0, 0.1) is 6.92 Å². The van der Waals surface area contributed by atoms with Crippen LogP contribution in [0.15, 0.2) is 27.8 Å². The molecule has 0 saturated carbocycles. The molecular formula is C18H20ClN5O3. The van der Waals surface area contributed by atoms with Crippen molar-refractivity contribution in [3.8, 4) is 0 Å². The molecule has 1 aliphatic heterocycles. The molecule has 3 aromatic rings. The van der Waals surface area contributed by atoms with Crippen LogP contribution in [-0.2, 0) is 24.9 Å². The number of methoxy groups -OCH3 is 1. The van der Waals surface area contributed by atoms with E-state index in [1.54, 1.807) is 7.05 Å². The van der Waals surface area contributed by atoms with Gasteiger partial charge < -0.3 is 14.2 Å². The van der Waals surface area contributed by atoms with Crippen LogP contribution in [0.5, 0.6) is 0 Å². The summed E-state index contributed by atoms with van der Waals surface area (Å²) < 4.78 is 9.53. The van der Waals surface area contributed by atoms with Crippen LogP contribution in [0.4, 0.5) is 11.6 Å². The van der Waals surface area contributed by atoms with Gasteiger partial charge in [0.2, 0.25) is 5.95 Å². The van der Waals surface area contributed by atoms with Gasteiger partial charge in [-0.3, -0.25) is 13.9 Å². The Kier molecular flexibility index (Phi) is 4.32. The van der Waals surface area contributed by atoms with Crippen molar-refractivity contribution in [3.63, 3.8) is 0 Å². The highest BCUT2D eigenvalue weighted by atomic mass is 35.5. The fourth-order valence-electron chi connectivity index (χ4n) is 3.57. The number of rotatable bonds is 4. The molecule has 1 aliphatic rings. The third-order valence-corrected chi connectivity index (χ3v) is 5.46. The lowest BCUT2D eigenvalue weighted by molar-refractivity contribution is 0.184. The minimum absolute atomic E-state index is 0.204. The highest BCUT2D eigenvalue weighted by Crippen LogP contribution is 2.35. The van der Waals surface area contributed by atoms with Gasteiger partial charge in [-0.1, -0.05) is 17.7 Å². The number of imidazole rings is 1. The molecule has 0 fully saturated rings. The van der Waals surface area contributed by atoms with Crippen LogP contribution in [0.3, 0.4) is 0 Å². The summed E-state index contributed by atoms with van der Waals surface area (Å²) in [4.78, 5) is 32.2. The lowest BCUT2D eigenvalue weighted by atomic mass is 10.2. The number of aromatic nitrogens is 4. The quantitative estimate of drug-likeness (QED) is 0.678. The van der Waals surface area contributed by atoms with Gasteiger partial charge in [-0.05, 0) is 24.6 Å². The van der Waals surface area contributed by atoms with Gasteiger partial charge in [-0.2, -0.15) is 4.98 Å². The van der Waals surface area contributed by atoms with E-state index in [0.717, 1.165) is 11.3 Å². The van der Waals surface area contributed by atoms with Gasteiger partial charge in [-0.25, -0.2) is 4.79 Å². The first kappa shape index (κ1) is 17.8. The van der Waals surface area contributed by atoms with Gasteiger partial charge in [0.25, 0.3) is 5.56 Å². The van der Waals surface area contributed by atoms with Crippen molar-refractivity contribution in [1.82, 2.24) is 18.7 Å². The van der Waals surface area contributed by atoms with E-state index in [4.69, 9.17) is 16.3 Å². The molecule has 2 aromatic heterocycles. The molecule has 0 atom stereocenters. The lowest BCUT2D eigenvalue weighted by Crippen LogP contribution is -2.40. The van der Waals surface area contributed by atoms with Crippen LogP contribution in [-0.4, -0.2) is 38.9 Å². The van der Waals surface area contributed by atoms with Gasteiger partial charge >= 0.3 is 5.69 Å². The number of nitrogens with zero attached hydrogens (tertiary/aromatic N) is 5. The summed E-state index contributed by atoms with van der Waals surface area (Å²) in [5.41, 5.74) is 1.98. The molecule has 9 heteroatoms. The highest BCUT2D eigenvalue weighted by molar-refractivity contribution is 6.31. The highest BCUT2D eigenvalue weighted by Gasteiger charge is 2.29. The summed E-state index contributed by atoms with van der Waals surface area (Å²) in [7, 11) is 3.17. The van der Waals surface area contributed by atoms with Crippen molar-refractivity contribution >= 4 is 34.4 Å². The van der Waals surface area contributed by atoms with Crippen LogP contribution >= 0.6 is 11.6 Å². The number of aryl methyl sites for hydroxylation is 1. The molecule has 0 aliphatic carbocycles. The second-order valence-corrected chi connectivity index (χ2v) is 6.97. The Hall–Kier alpha value is -2.58. The number of halogens is 1. The summed E-state index contributed by atoms with van der Waals surface area (Å²) in [6.45, 7) is 3.73. The smallest absolute Gasteiger partial charge is 0.332 e. The Morgan fingerprint density at radius 1 is 1.26 bits per heavy atom. The summed E-state index contributed by atoms with van der Waals surface area (Å²) in [6, 6.07) is 5.72. The second-order valence-electron chi connectivity index (χ2n) is 6.56. The Balaban J connectivity index is 1.94. The zero-order chi connectivity index (χ0) is 19.3. The Bertz CT molecular complexity index is 1160. The molecule has 142 valence electrons. The maximum absolute atomic E-state index is 13.0. The average Bonchev–Trinajstić information content (AvgIpc) is 3.21. The zero-order valence-corrected chi connectivity index (χ0v) is 16.2. The average molecular weight is 390 g/mol. The predicted octanol–water partition coefficient (Wildman–Crippen LogP) is 1.66. The van der Waals surface area contributed by atoms with Crippen molar-refractivity contribution in [1.29, 1.82) is 0 Å². The minimum Gasteiger partial charge on any atom is -0.383 e. The second kappa shape index (κ2) is 6.54. The minimum atomic E-state index is -0.396. The molecule has 0 N–H and O–H groups in total. The van der Waals surface area contributed by atoms with Crippen LogP contribution in [0.25, 0.3) is 11.2 Å². The first-order valence-corrected chi connectivity index (χ1v) is 9.05. The standard InChI is InChI=1S/C18H20ClN5O3/c1-11-12(19)5-4-6-13(11)22-7-8-23-14-15(20-17(22)23)21(2)18(26)24(16(14)25)9-10-27-3/h4-6H,7-10H2,1-3H3. The van der Waals surface area contributed by atoms with Crippen molar-refractivity contribution in [2.75, 3.05) is 25.2 Å². The number of benzene rings is 1. The summed E-state index contributed by atoms with van der Waals surface area (Å²) in [5, 5.41) is 0.677. The molecule has 0 unspecified atom stereocenters.